The van der Waals surface area contributed by atoms with E-state index < -0.39 is 5.97 Å². The number of carbonyl (C=O) groups is 1. The van der Waals surface area contributed by atoms with Gasteiger partial charge in [-0.3, -0.25) is 0 Å². The van der Waals surface area contributed by atoms with E-state index in [1.165, 1.54) is 11.3 Å². The van der Waals surface area contributed by atoms with Gasteiger partial charge in [-0.1, -0.05) is 0 Å². The minimum Gasteiger partial charge on any atom is -0.550 e. The number of carboxylic acids is 1. The normalized spacial score (nSPS) is 9.70. The van der Waals surface area contributed by atoms with Gasteiger partial charge in [-0.15, -0.1) is 11.3 Å². The molecule has 3 nitrogen and oxygen atoms in total. The molecule has 0 aliphatic heterocycles. The van der Waals surface area contributed by atoms with Gasteiger partial charge in [0.25, 0.3) is 0 Å². The van der Waals surface area contributed by atoms with E-state index in [0.29, 0.717) is 0 Å². The van der Waals surface area contributed by atoms with Crippen LogP contribution in [-0.2, 0) is 11.2 Å². The third-order valence-electron chi connectivity index (χ3n) is 0.988. The van der Waals surface area contributed by atoms with E-state index in [9.17, 15) is 9.90 Å². The Morgan fingerprint density at radius 3 is 3.00 bits per heavy atom. The van der Waals surface area contributed by atoms with Crippen LogP contribution in [-0.4, -0.2) is 11.0 Å². The monoisotopic (exact) mass is 156 g/mol. The van der Waals surface area contributed by atoms with E-state index >= 15 is 0 Å². The summed E-state index contributed by atoms with van der Waals surface area (Å²) in [4.78, 5) is 14.7. The molecule has 10 heavy (non-hydrogen) atoms. The number of rotatable bonds is 2. The molecule has 0 atom stereocenters. The first kappa shape index (κ1) is 7.21. The van der Waals surface area contributed by atoms with Crippen LogP contribution in [0.2, 0.25) is 0 Å². The molecule has 0 radical (unpaired) electrons. The number of nitrogens with zero attached hydrogens (tertiary/aromatic N) is 1. The molecule has 0 aliphatic carbocycles. The molecule has 1 aromatic heterocycles. The predicted octanol–water partition coefficient (Wildman–Crippen LogP) is -0.256. The van der Waals surface area contributed by atoms with Crippen LogP contribution in [0.5, 0.6) is 0 Å². The summed E-state index contributed by atoms with van der Waals surface area (Å²) in [5, 5.41) is 10.9. The van der Waals surface area contributed by atoms with Crippen LogP contribution in [0, 0.1) is 6.92 Å². The maximum atomic E-state index is 10.0. The number of hydrogen-bond acceptors (Lipinski definition) is 4. The fraction of sp³-hybridized carbons (Fsp3) is 0.333. The molecule has 0 bridgehead atoms. The lowest BCUT2D eigenvalue weighted by molar-refractivity contribution is -0.304. The quantitative estimate of drug-likeness (QED) is 0.593. The average molecular weight is 156 g/mol. The summed E-state index contributed by atoms with van der Waals surface area (Å²) in [5.74, 6) is -1.05. The standard InChI is InChI=1S/C6H7NO2S/c1-4-7-3-5(10-4)2-6(8)9/h3H,2H2,1H3,(H,8,9)/p-1. The van der Waals surface area contributed by atoms with Crippen molar-refractivity contribution in [3.63, 3.8) is 0 Å². The van der Waals surface area contributed by atoms with E-state index in [0.717, 1.165) is 9.88 Å². The van der Waals surface area contributed by atoms with Crippen molar-refractivity contribution < 1.29 is 9.90 Å². The fourth-order valence-corrected chi connectivity index (χ4v) is 1.41. The number of aromatic nitrogens is 1. The van der Waals surface area contributed by atoms with Crippen LogP contribution in [0.15, 0.2) is 6.20 Å². The molecule has 1 aromatic rings. The zero-order valence-corrected chi connectivity index (χ0v) is 6.27. The van der Waals surface area contributed by atoms with E-state index in [1.807, 2.05) is 6.92 Å². The highest BCUT2D eigenvalue weighted by molar-refractivity contribution is 7.11. The van der Waals surface area contributed by atoms with Crippen LogP contribution >= 0.6 is 11.3 Å². The van der Waals surface area contributed by atoms with Crippen molar-refractivity contribution in [2.45, 2.75) is 13.3 Å². The van der Waals surface area contributed by atoms with Crippen molar-refractivity contribution >= 4 is 17.3 Å². The highest BCUT2D eigenvalue weighted by Crippen LogP contribution is 2.10. The van der Waals surface area contributed by atoms with Crippen molar-refractivity contribution in [1.29, 1.82) is 0 Å². The van der Waals surface area contributed by atoms with Gasteiger partial charge in [0.15, 0.2) is 0 Å². The first-order chi connectivity index (χ1) is 4.68. The van der Waals surface area contributed by atoms with Gasteiger partial charge in [0.05, 0.1) is 5.01 Å². The van der Waals surface area contributed by atoms with Gasteiger partial charge < -0.3 is 9.90 Å². The van der Waals surface area contributed by atoms with Crippen molar-refractivity contribution in [2.24, 2.45) is 0 Å². The van der Waals surface area contributed by atoms with E-state index in [-0.39, 0.29) is 6.42 Å². The predicted molar refractivity (Wildman–Crippen MR) is 35.6 cm³/mol. The zero-order valence-electron chi connectivity index (χ0n) is 5.46. The lowest BCUT2D eigenvalue weighted by atomic mass is 10.4. The Labute approximate surface area is 62.3 Å². The first-order valence-corrected chi connectivity index (χ1v) is 3.61. The number of thiazole rings is 1. The molecule has 0 aromatic carbocycles. The molecule has 0 spiro atoms. The molecule has 4 heteroatoms. The lowest BCUT2D eigenvalue weighted by Crippen LogP contribution is -2.23. The average Bonchev–Trinajstić information content (AvgIpc) is 2.13. The maximum Gasteiger partial charge on any atom is 0.0896 e. The summed E-state index contributed by atoms with van der Waals surface area (Å²) < 4.78 is 0. The Bertz CT molecular complexity index is 244. The van der Waals surface area contributed by atoms with Crippen LogP contribution in [0.1, 0.15) is 9.88 Å². The Kier molecular flexibility index (Phi) is 2.01. The van der Waals surface area contributed by atoms with Crippen molar-refractivity contribution in [2.75, 3.05) is 0 Å². The molecule has 0 aliphatic rings. The summed E-state index contributed by atoms with van der Waals surface area (Å²) in [5.41, 5.74) is 0. The van der Waals surface area contributed by atoms with E-state index in [4.69, 9.17) is 0 Å². The molecule has 0 unspecified atom stereocenters. The Morgan fingerprint density at radius 2 is 2.60 bits per heavy atom. The minimum absolute atomic E-state index is 0.0223. The summed E-state index contributed by atoms with van der Waals surface area (Å²) >= 11 is 1.38. The zero-order chi connectivity index (χ0) is 7.56. The Hall–Kier alpha value is -0.900. The topological polar surface area (TPSA) is 53.0 Å². The van der Waals surface area contributed by atoms with Crippen molar-refractivity contribution in [3.05, 3.63) is 16.1 Å². The van der Waals surface area contributed by atoms with Crippen LogP contribution in [0.25, 0.3) is 0 Å². The molecular formula is C6H6NO2S-. The molecule has 0 fully saturated rings. The smallest absolute Gasteiger partial charge is 0.0896 e. The summed E-state index contributed by atoms with van der Waals surface area (Å²) in [7, 11) is 0. The minimum atomic E-state index is -1.05. The third kappa shape index (κ3) is 1.80. The molecule has 0 saturated heterocycles. The second kappa shape index (κ2) is 2.79. The van der Waals surface area contributed by atoms with Gasteiger partial charge in [-0.05, 0) is 6.92 Å². The molecule has 0 saturated carbocycles. The van der Waals surface area contributed by atoms with Crippen LogP contribution < -0.4 is 5.11 Å². The highest BCUT2D eigenvalue weighted by Gasteiger charge is 1.96. The second-order valence-electron chi connectivity index (χ2n) is 1.89. The number of hydrogen-bond donors (Lipinski definition) is 0. The Morgan fingerprint density at radius 1 is 1.90 bits per heavy atom. The van der Waals surface area contributed by atoms with Gasteiger partial charge in [0.1, 0.15) is 0 Å². The maximum absolute atomic E-state index is 10.0. The summed E-state index contributed by atoms with van der Waals surface area (Å²) in [6, 6.07) is 0. The van der Waals surface area contributed by atoms with Crippen molar-refractivity contribution in [1.82, 2.24) is 4.98 Å². The van der Waals surface area contributed by atoms with Gasteiger partial charge in [-0.25, -0.2) is 4.98 Å². The van der Waals surface area contributed by atoms with E-state index in [1.54, 1.807) is 6.20 Å². The van der Waals surface area contributed by atoms with Gasteiger partial charge in [0, 0.05) is 23.5 Å². The number of aliphatic carboxylic acids is 1. The summed E-state index contributed by atoms with van der Waals surface area (Å²) in [6.07, 6.45) is 1.54. The largest absolute Gasteiger partial charge is 0.550 e. The van der Waals surface area contributed by atoms with Gasteiger partial charge in [0.2, 0.25) is 0 Å². The number of carbonyl (C=O) groups excluding carboxylic acids is 1. The molecule has 1 rings (SSSR count). The number of aryl methyl sites for hydroxylation is 1. The fourth-order valence-electron chi connectivity index (χ4n) is 0.629. The van der Waals surface area contributed by atoms with E-state index in [2.05, 4.69) is 4.98 Å². The Balaban J connectivity index is 2.67. The molecule has 54 valence electrons. The summed E-state index contributed by atoms with van der Waals surface area (Å²) in [6.45, 7) is 1.84. The second-order valence-corrected chi connectivity index (χ2v) is 3.21. The van der Waals surface area contributed by atoms with Gasteiger partial charge >= 0.3 is 0 Å². The SMILES string of the molecule is Cc1ncc(CC(=O)[O-])s1. The van der Waals surface area contributed by atoms with Crippen LogP contribution in [0.3, 0.4) is 0 Å². The molecule has 0 N–H and O–H groups in total. The highest BCUT2D eigenvalue weighted by atomic mass is 32.1. The lowest BCUT2D eigenvalue weighted by Gasteiger charge is -1.94. The first-order valence-electron chi connectivity index (χ1n) is 2.79. The van der Waals surface area contributed by atoms with Crippen LogP contribution in [0.4, 0.5) is 0 Å². The number of carboxylic acid groups (broad SMARTS) is 1. The van der Waals surface area contributed by atoms with Gasteiger partial charge in [-0.2, -0.15) is 0 Å². The molecule has 1 heterocycles. The third-order valence-corrected chi connectivity index (χ3v) is 1.90. The molecule has 0 amide bonds. The van der Waals surface area contributed by atoms with Crippen molar-refractivity contribution in [3.8, 4) is 0 Å². The molecular weight excluding hydrogens is 150 g/mol.